The summed E-state index contributed by atoms with van der Waals surface area (Å²) >= 11 is 0. The summed E-state index contributed by atoms with van der Waals surface area (Å²) in [6.45, 7) is 8.23. The van der Waals surface area contributed by atoms with Gasteiger partial charge in [-0.05, 0) is 12.8 Å². The van der Waals surface area contributed by atoms with Gasteiger partial charge in [-0.25, -0.2) is 0 Å². The van der Waals surface area contributed by atoms with Crippen LogP contribution in [0.2, 0.25) is 0 Å². The van der Waals surface area contributed by atoms with Gasteiger partial charge in [0.1, 0.15) is 0 Å². The van der Waals surface area contributed by atoms with Crippen LogP contribution in [0.5, 0.6) is 0 Å². The largest absolute Gasteiger partial charge is 0.393 e. The first-order valence-electron chi connectivity index (χ1n) is 7.56. The van der Waals surface area contributed by atoms with Crippen LogP contribution in [-0.2, 0) is 0 Å². The fourth-order valence-electron chi connectivity index (χ4n) is 2.33. The van der Waals surface area contributed by atoms with Gasteiger partial charge in [-0.15, -0.1) is 6.58 Å². The Labute approximate surface area is 108 Å². The van der Waals surface area contributed by atoms with E-state index in [0.29, 0.717) is 5.92 Å². The minimum Gasteiger partial charge on any atom is -0.393 e. The molecule has 1 N–H and O–H groups in total. The molecule has 17 heavy (non-hydrogen) atoms. The molecule has 0 heterocycles. The molecule has 1 nitrogen and oxygen atoms in total. The third kappa shape index (κ3) is 9.41. The van der Waals surface area contributed by atoms with E-state index >= 15 is 0 Å². The van der Waals surface area contributed by atoms with E-state index in [9.17, 15) is 5.11 Å². The third-order valence-corrected chi connectivity index (χ3v) is 3.52. The van der Waals surface area contributed by atoms with Crippen molar-refractivity contribution >= 4 is 0 Å². The number of aliphatic hydroxyl groups is 1. The van der Waals surface area contributed by atoms with Gasteiger partial charge in [0, 0.05) is 5.92 Å². The third-order valence-electron chi connectivity index (χ3n) is 3.52. The first-order chi connectivity index (χ1) is 8.26. The van der Waals surface area contributed by atoms with E-state index in [4.69, 9.17) is 0 Å². The van der Waals surface area contributed by atoms with Gasteiger partial charge in [-0.1, -0.05) is 71.3 Å². The molecule has 0 aromatic heterocycles. The number of aliphatic hydroxyl groups excluding tert-OH is 1. The highest BCUT2D eigenvalue weighted by Crippen LogP contribution is 2.18. The molecule has 0 aromatic rings. The lowest BCUT2D eigenvalue weighted by atomic mass is 9.93. The summed E-state index contributed by atoms with van der Waals surface area (Å²) in [5, 5.41) is 10.0. The van der Waals surface area contributed by atoms with E-state index in [1.807, 2.05) is 6.08 Å². The van der Waals surface area contributed by atoms with Gasteiger partial charge in [-0.3, -0.25) is 0 Å². The molecule has 2 atom stereocenters. The van der Waals surface area contributed by atoms with Crippen molar-refractivity contribution in [1.29, 1.82) is 0 Å². The molecule has 0 bridgehead atoms. The molecule has 102 valence electrons. The van der Waals surface area contributed by atoms with Gasteiger partial charge in [-0.2, -0.15) is 0 Å². The lowest BCUT2D eigenvalue weighted by molar-refractivity contribution is 0.113. The Bertz CT molecular complexity index is 165. The lowest BCUT2D eigenvalue weighted by Gasteiger charge is -2.18. The zero-order chi connectivity index (χ0) is 12.9. The van der Waals surface area contributed by atoms with Crippen molar-refractivity contribution in [2.75, 3.05) is 0 Å². The average Bonchev–Trinajstić information content (AvgIpc) is 2.34. The highest BCUT2D eigenvalue weighted by molar-refractivity contribution is 4.84. The molecule has 0 aliphatic heterocycles. The van der Waals surface area contributed by atoms with Crippen LogP contribution in [0.1, 0.15) is 78.1 Å². The molecule has 0 rings (SSSR count). The highest BCUT2D eigenvalue weighted by atomic mass is 16.3. The van der Waals surface area contributed by atoms with E-state index in [1.165, 1.54) is 44.9 Å². The van der Waals surface area contributed by atoms with E-state index in [-0.39, 0.29) is 6.10 Å². The fourth-order valence-corrected chi connectivity index (χ4v) is 2.33. The van der Waals surface area contributed by atoms with Crippen LogP contribution >= 0.6 is 0 Å². The Kier molecular flexibility index (Phi) is 12.0. The van der Waals surface area contributed by atoms with E-state index < -0.39 is 0 Å². The van der Waals surface area contributed by atoms with Crippen molar-refractivity contribution in [3.05, 3.63) is 12.7 Å². The monoisotopic (exact) mass is 240 g/mol. The normalized spacial score (nSPS) is 14.5. The predicted molar refractivity (Wildman–Crippen MR) is 77.2 cm³/mol. The molecule has 0 saturated carbocycles. The number of hydrogen-bond acceptors (Lipinski definition) is 1. The van der Waals surface area contributed by atoms with Crippen LogP contribution in [0, 0.1) is 5.92 Å². The molecule has 0 unspecified atom stereocenters. The smallest absolute Gasteiger partial charge is 0.0602 e. The number of rotatable bonds is 12. The molecular formula is C16H32O. The Morgan fingerprint density at radius 2 is 1.47 bits per heavy atom. The van der Waals surface area contributed by atoms with Crippen LogP contribution in [0.3, 0.4) is 0 Å². The van der Waals surface area contributed by atoms with Crippen molar-refractivity contribution in [1.82, 2.24) is 0 Å². The zero-order valence-corrected chi connectivity index (χ0v) is 12.0. The highest BCUT2D eigenvalue weighted by Gasteiger charge is 2.14. The summed E-state index contributed by atoms with van der Waals surface area (Å²) < 4.78 is 0. The maximum absolute atomic E-state index is 10.0. The quantitative estimate of drug-likeness (QED) is 0.372. The molecule has 0 aliphatic carbocycles. The Hall–Kier alpha value is -0.300. The van der Waals surface area contributed by atoms with Crippen molar-refractivity contribution in [2.45, 2.75) is 84.2 Å². The molecule has 0 fully saturated rings. The van der Waals surface area contributed by atoms with Gasteiger partial charge in [0.05, 0.1) is 6.10 Å². The molecule has 0 aliphatic rings. The van der Waals surface area contributed by atoms with E-state index in [0.717, 1.165) is 19.3 Å². The lowest BCUT2D eigenvalue weighted by Crippen LogP contribution is -2.18. The fraction of sp³-hybridized carbons (Fsp3) is 0.875. The van der Waals surface area contributed by atoms with E-state index in [1.54, 1.807) is 0 Å². The van der Waals surface area contributed by atoms with Crippen molar-refractivity contribution < 1.29 is 5.11 Å². The standard InChI is InChI=1S/C16H32O/c1-4-7-8-9-10-11-12-14-16(17)15(6-3)13-5-2/h6,15-17H,3-5,7-14H2,1-2H3/t15-,16-/m0/s1. The Morgan fingerprint density at radius 1 is 0.882 bits per heavy atom. The summed E-state index contributed by atoms with van der Waals surface area (Å²) in [6.07, 6.45) is 14.1. The second-order valence-electron chi connectivity index (χ2n) is 5.17. The number of unbranched alkanes of at least 4 members (excludes halogenated alkanes) is 6. The molecule has 0 aromatic carbocycles. The maximum Gasteiger partial charge on any atom is 0.0602 e. The second-order valence-corrected chi connectivity index (χ2v) is 5.17. The molecule has 0 spiro atoms. The molecule has 0 radical (unpaired) electrons. The topological polar surface area (TPSA) is 20.2 Å². The molecular weight excluding hydrogens is 208 g/mol. The Balaban J connectivity index is 3.42. The van der Waals surface area contributed by atoms with Gasteiger partial charge in [0.2, 0.25) is 0 Å². The minimum atomic E-state index is -0.164. The van der Waals surface area contributed by atoms with Gasteiger partial charge in [0.25, 0.3) is 0 Å². The van der Waals surface area contributed by atoms with Gasteiger partial charge in [0.15, 0.2) is 0 Å². The predicted octanol–water partition coefficient (Wildman–Crippen LogP) is 5.09. The SMILES string of the molecule is C=C[C@@H](CCC)[C@@H](O)CCCCCCCCC. The summed E-state index contributed by atoms with van der Waals surface area (Å²) in [7, 11) is 0. The first-order valence-corrected chi connectivity index (χ1v) is 7.56. The number of hydrogen-bond donors (Lipinski definition) is 1. The molecule has 1 heteroatoms. The summed E-state index contributed by atoms with van der Waals surface area (Å²) in [5.41, 5.74) is 0. The van der Waals surface area contributed by atoms with Crippen molar-refractivity contribution in [3.8, 4) is 0 Å². The summed E-state index contributed by atoms with van der Waals surface area (Å²) in [5.74, 6) is 0.306. The van der Waals surface area contributed by atoms with Gasteiger partial charge >= 0.3 is 0 Å². The first kappa shape index (κ1) is 16.7. The zero-order valence-electron chi connectivity index (χ0n) is 12.0. The maximum atomic E-state index is 10.0. The molecule has 0 saturated heterocycles. The Morgan fingerprint density at radius 3 is 2.00 bits per heavy atom. The van der Waals surface area contributed by atoms with Crippen LogP contribution in [-0.4, -0.2) is 11.2 Å². The minimum absolute atomic E-state index is 0.164. The van der Waals surface area contributed by atoms with Crippen LogP contribution in [0.4, 0.5) is 0 Å². The average molecular weight is 240 g/mol. The van der Waals surface area contributed by atoms with Gasteiger partial charge < -0.3 is 5.11 Å². The summed E-state index contributed by atoms with van der Waals surface area (Å²) in [4.78, 5) is 0. The summed E-state index contributed by atoms with van der Waals surface area (Å²) in [6, 6.07) is 0. The molecule has 0 amide bonds. The second kappa shape index (κ2) is 12.2. The van der Waals surface area contributed by atoms with Crippen LogP contribution in [0.15, 0.2) is 12.7 Å². The van der Waals surface area contributed by atoms with E-state index in [2.05, 4.69) is 20.4 Å². The van der Waals surface area contributed by atoms with Crippen LogP contribution < -0.4 is 0 Å². The van der Waals surface area contributed by atoms with Crippen LogP contribution in [0.25, 0.3) is 0 Å². The van der Waals surface area contributed by atoms with Crippen molar-refractivity contribution in [2.24, 2.45) is 5.92 Å². The van der Waals surface area contributed by atoms with Crippen molar-refractivity contribution in [3.63, 3.8) is 0 Å².